The van der Waals surface area contributed by atoms with Crippen LogP contribution >= 0.6 is 0 Å². The smallest absolute Gasteiger partial charge is 0.423 e. The lowest BCUT2D eigenvalue weighted by molar-refractivity contribution is 0.426. The first-order chi connectivity index (χ1) is 10.7. The van der Waals surface area contributed by atoms with Gasteiger partial charge in [-0.3, -0.25) is 0 Å². The average molecular weight is 287 g/mol. The van der Waals surface area contributed by atoms with Gasteiger partial charge in [0, 0.05) is 21.9 Å². The number of hydrogen-bond donors (Lipinski definition) is 3. The highest BCUT2D eigenvalue weighted by Gasteiger charge is 2.13. The zero-order chi connectivity index (χ0) is 15.1. The van der Waals surface area contributed by atoms with E-state index in [0.29, 0.717) is 5.46 Å². The molecule has 0 bridgehead atoms. The Morgan fingerprint density at radius 1 is 0.773 bits per heavy atom. The molecule has 0 spiro atoms. The highest BCUT2D eigenvalue weighted by Crippen LogP contribution is 2.32. The number of aromatic amines is 1. The molecule has 1 aromatic heterocycles. The second kappa shape index (κ2) is 5.02. The Labute approximate surface area is 128 Å². The van der Waals surface area contributed by atoms with Gasteiger partial charge in [0.1, 0.15) is 0 Å². The third-order valence-electron chi connectivity index (χ3n) is 4.04. The molecule has 3 aromatic carbocycles. The van der Waals surface area contributed by atoms with Gasteiger partial charge in [-0.2, -0.15) is 0 Å². The number of benzene rings is 3. The lowest BCUT2D eigenvalue weighted by Crippen LogP contribution is -2.29. The van der Waals surface area contributed by atoms with E-state index in [-0.39, 0.29) is 0 Å². The molecule has 3 N–H and O–H groups in total. The van der Waals surface area contributed by atoms with Gasteiger partial charge >= 0.3 is 7.12 Å². The van der Waals surface area contributed by atoms with Crippen molar-refractivity contribution in [2.75, 3.05) is 0 Å². The van der Waals surface area contributed by atoms with Crippen LogP contribution in [0, 0.1) is 0 Å². The first-order valence-corrected chi connectivity index (χ1v) is 7.20. The second-order valence-electron chi connectivity index (χ2n) is 5.40. The van der Waals surface area contributed by atoms with E-state index in [1.165, 1.54) is 10.8 Å². The van der Waals surface area contributed by atoms with E-state index in [4.69, 9.17) is 0 Å². The van der Waals surface area contributed by atoms with E-state index in [1.807, 2.05) is 42.5 Å². The molecule has 3 nitrogen and oxygen atoms in total. The van der Waals surface area contributed by atoms with Gasteiger partial charge in [0.15, 0.2) is 0 Å². The molecule has 0 fully saturated rings. The van der Waals surface area contributed by atoms with Crippen molar-refractivity contribution >= 4 is 34.4 Å². The lowest BCUT2D eigenvalue weighted by atomic mass is 9.79. The minimum atomic E-state index is -1.46. The quantitative estimate of drug-likeness (QED) is 0.496. The largest absolute Gasteiger partial charge is 0.488 e. The van der Waals surface area contributed by atoms with Crippen LogP contribution in [0.15, 0.2) is 66.7 Å². The second-order valence-corrected chi connectivity index (χ2v) is 5.40. The van der Waals surface area contributed by atoms with Crippen molar-refractivity contribution in [3.8, 4) is 11.1 Å². The summed E-state index contributed by atoms with van der Waals surface area (Å²) in [6.07, 6.45) is 0. The normalized spacial score (nSPS) is 11.2. The molecule has 106 valence electrons. The maximum absolute atomic E-state index is 9.37. The molecule has 0 aliphatic rings. The molecule has 0 atom stereocenters. The summed E-state index contributed by atoms with van der Waals surface area (Å²) in [5.41, 5.74) is 4.67. The van der Waals surface area contributed by atoms with Crippen LogP contribution in [0.2, 0.25) is 0 Å². The zero-order valence-corrected chi connectivity index (χ0v) is 11.8. The maximum Gasteiger partial charge on any atom is 0.488 e. The first kappa shape index (κ1) is 13.1. The first-order valence-electron chi connectivity index (χ1n) is 7.20. The molecule has 0 unspecified atom stereocenters. The third kappa shape index (κ3) is 2.01. The number of fused-ring (bicyclic) bond motifs is 3. The fourth-order valence-electron chi connectivity index (χ4n) is 2.98. The molecule has 1 heterocycles. The summed E-state index contributed by atoms with van der Waals surface area (Å²) in [5, 5.41) is 21.1. The van der Waals surface area contributed by atoms with Gasteiger partial charge in [0.2, 0.25) is 0 Å². The Balaban J connectivity index is 2.01. The van der Waals surface area contributed by atoms with E-state index in [9.17, 15) is 10.0 Å². The molecule has 0 saturated heterocycles. The van der Waals surface area contributed by atoms with Gasteiger partial charge in [-0.25, -0.2) is 0 Å². The summed E-state index contributed by atoms with van der Waals surface area (Å²) in [5.74, 6) is 0. The molecule has 0 amide bonds. The fourth-order valence-corrected chi connectivity index (χ4v) is 2.98. The van der Waals surface area contributed by atoms with Crippen molar-refractivity contribution in [2.45, 2.75) is 0 Å². The number of hydrogen-bond acceptors (Lipinski definition) is 2. The van der Waals surface area contributed by atoms with Crippen LogP contribution in [0.3, 0.4) is 0 Å². The average Bonchev–Trinajstić information content (AvgIpc) is 2.93. The molecule has 4 heteroatoms. The molecule has 4 rings (SSSR count). The van der Waals surface area contributed by atoms with E-state index in [1.54, 1.807) is 6.07 Å². The van der Waals surface area contributed by atoms with E-state index >= 15 is 0 Å². The summed E-state index contributed by atoms with van der Waals surface area (Å²) in [7, 11) is -1.46. The highest BCUT2D eigenvalue weighted by molar-refractivity contribution is 6.58. The van der Waals surface area contributed by atoms with E-state index < -0.39 is 7.12 Å². The van der Waals surface area contributed by atoms with Gasteiger partial charge in [0.05, 0.1) is 5.52 Å². The van der Waals surface area contributed by atoms with Crippen molar-refractivity contribution < 1.29 is 10.0 Å². The summed E-state index contributed by atoms with van der Waals surface area (Å²) in [6, 6.07) is 21.7. The van der Waals surface area contributed by atoms with Crippen molar-refractivity contribution in [3.63, 3.8) is 0 Å². The molecule has 4 aromatic rings. The minimum Gasteiger partial charge on any atom is -0.423 e. The predicted octanol–water partition coefficient (Wildman–Crippen LogP) is 2.67. The van der Waals surface area contributed by atoms with Crippen molar-refractivity contribution in [1.29, 1.82) is 0 Å². The summed E-state index contributed by atoms with van der Waals surface area (Å²) < 4.78 is 0. The lowest BCUT2D eigenvalue weighted by Gasteiger charge is -2.06. The Morgan fingerprint density at radius 2 is 1.55 bits per heavy atom. The SMILES string of the molecule is OB(O)c1cccc(-c2cccc3c2[nH]c2ccccc23)c1. The van der Waals surface area contributed by atoms with Crippen LogP contribution in [0.25, 0.3) is 32.9 Å². The van der Waals surface area contributed by atoms with Gasteiger partial charge in [-0.05, 0) is 17.1 Å². The number of rotatable bonds is 2. The van der Waals surface area contributed by atoms with Crippen molar-refractivity contribution in [2.24, 2.45) is 0 Å². The Bertz CT molecular complexity index is 975. The van der Waals surface area contributed by atoms with Crippen molar-refractivity contribution in [3.05, 3.63) is 66.7 Å². The number of nitrogens with one attached hydrogen (secondary N) is 1. The Kier molecular flexibility index (Phi) is 3.00. The van der Waals surface area contributed by atoms with Gasteiger partial charge in [0.25, 0.3) is 0 Å². The number of aromatic nitrogens is 1. The Hall–Kier alpha value is -2.56. The maximum atomic E-state index is 9.37. The van der Waals surface area contributed by atoms with Crippen LogP contribution in [0.1, 0.15) is 0 Å². The predicted molar refractivity (Wildman–Crippen MR) is 91.1 cm³/mol. The zero-order valence-electron chi connectivity index (χ0n) is 11.8. The summed E-state index contributed by atoms with van der Waals surface area (Å²) in [6.45, 7) is 0. The molecular weight excluding hydrogens is 273 g/mol. The van der Waals surface area contributed by atoms with Gasteiger partial charge in [-0.1, -0.05) is 60.7 Å². The van der Waals surface area contributed by atoms with Gasteiger partial charge in [-0.15, -0.1) is 0 Å². The van der Waals surface area contributed by atoms with Crippen LogP contribution < -0.4 is 5.46 Å². The van der Waals surface area contributed by atoms with Crippen LogP contribution in [-0.4, -0.2) is 22.2 Å². The summed E-state index contributed by atoms with van der Waals surface area (Å²) in [4.78, 5) is 3.47. The number of H-pyrrole nitrogens is 1. The topological polar surface area (TPSA) is 56.2 Å². The Morgan fingerprint density at radius 3 is 2.41 bits per heavy atom. The fraction of sp³-hybridized carbons (Fsp3) is 0. The van der Waals surface area contributed by atoms with Crippen molar-refractivity contribution in [1.82, 2.24) is 4.98 Å². The minimum absolute atomic E-state index is 0.491. The molecule has 0 radical (unpaired) electrons. The monoisotopic (exact) mass is 287 g/mol. The molecule has 22 heavy (non-hydrogen) atoms. The van der Waals surface area contributed by atoms with Crippen LogP contribution in [-0.2, 0) is 0 Å². The number of para-hydroxylation sites is 2. The highest BCUT2D eigenvalue weighted by atomic mass is 16.4. The molecule has 0 aliphatic heterocycles. The molecule has 0 aliphatic carbocycles. The molecular formula is C18H14BNO2. The van der Waals surface area contributed by atoms with Gasteiger partial charge < -0.3 is 15.0 Å². The summed E-state index contributed by atoms with van der Waals surface area (Å²) >= 11 is 0. The third-order valence-corrected chi connectivity index (χ3v) is 4.04. The van der Waals surface area contributed by atoms with Crippen LogP contribution in [0.5, 0.6) is 0 Å². The van der Waals surface area contributed by atoms with E-state index in [2.05, 4.69) is 23.2 Å². The van der Waals surface area contributed by atoms with E-state index in [0.717, 1.165) is 22.2 Å². The standard InChI is InChI=1S/C18H14BNO2/c21-19(22)13-6-3-5-12(11-13)14-8-4-9-16-15-7-1-2-10-17(15)20-18(14)16/h1-11,20-22H. The van der Waals surface area contributed by atoms with Crippen LogP contribution in [0.4, 0.5) is 0 Å². The molecule has 0 saturated carbocycles.